The number of hydrogen-bond acceptors (Lipinski definition) is 2. The van der Waals surface area contributed by atoms with Crippen molar-refractivity contribution in [3.8, 4) is 0 Å². The van der Waals surface area contributed by atoms with Gasteiger partial charge in [-0.15, -0.1) is 0 Å². The third-order valence-electron chi connectivity index (χ3n) is 4.02. The highest BCUT2D eigenvalue weighted by atomic mass is 16.3. The Balaban J connectivity index is 2.15. The maximum Gasteiger partial charge on any atom is 0.230 e. The second-order valence-electron chi connectivity index (χ2n) is 5.06. The minimum atomic E-state index is -0.357. The highest BCUT2D eigenvalue weighted by Crippen LogP contribution is 2.43. The molecule has 1 aromatic rings. The molecule has 0 aliphatic heterocycles. The summed E-state index contributed by atoms with van der Waals surface area (Å²) in [5, 5.41) is 12.2. The standard InChI is InChI=1S/C15H21NO2/c1-2-13(11-17)16-14(18)15(9-6-10-15)12-7-4-3-5-8-12/h3-5,7-8,13,17H,2,6,9-11H2,1H3,(H,16,18)/t13-/m0/s1. The van der Waals surface area contributed by atoms with Gasteiger partial charge in [0, 0.05) is 0 Å². The third kappa shape index (κ3) is 2.27. The summed E-state index contributed by atoms with van der Waals surface area (Å²) in [5.41, 5.74) is 0.741. The van der Waals surface area contributed by atoms with Gasteiger partial charge in [-0.25, -0.2) is 0 Å². The number of rotatable bonds is 5. The van der Waals surface area contributed by atoms with Crippen LogP contribution in [0, 0.1) is 0 Å². The lowest BCUT2D eigenvalue weighted by molar-refractivity contribution is -0.131. The van der Waals surface area contributed by atoms with E-state index in [1.165, 1.54) is 0 Å². The molecule has 1 aromatic carbocycles. The van der Waals surface area contributed by atoms with Crippen LogP contribution in [0.5, 0.6) is 0 Å². The highest BCUT2D eigenvalue weighted by molar-refractivity contribution is 5.89. The zero-order chi connectivity index (χ0) is 13.0. The molecule has 2 N–H and O–H groups in total. The Labute approximate surface area is 108 Å². The molecule has 1 fully saturated rings. The number of hydrogen-bond donors (Lipinski definition) is 2. The Morgan fingerprint density at radius 2 is 2.06 bits per heavy atom. The molecule has 0 saturated heterocycles. The van der Waals surface area contributed by atoms with Gasteiger partial charge in [0.1, 0.15) is 0 Å². The van der Waals surface area contributed by atoms with Crippen LogP contribution in [-0.4, -0.2) is 23.7 Å². The van der Waals surface area contributed by atoms with Gasteiger partial charge in [-0.1, -0.05) is 43.7 Å². The first kappa shape index (κ1) is 13.1. The SMILES string of the molecule is CC[C@@H](CO)NC(=O)C1(c2ccccc2)CCC1. The van der Waals surface area contributed by atoms with E-state index in [4.69, 9.17) is 0 Å². The largest absolute Gasteiger partial charge is 0.394 e. The van der Waals surface area contributed by atoms with E-state index < -0.39 is 0 Å². The number of carbonyl (C=O) groups excluding carboxylic acids is 1. The van der Waals surface area contributed by atoms with Crippen molar-refractivity contribution in [2.75, 3.05) is 6.61 Å². The van der Waals surface area contributed by atoms with Gasteiger partial charge in [-0.2, -0.15) is 0 Å². The summed E-state index contributed by atoms with van der Waals surface area (Å²) < 4.78 is 0. The van der Waals surface area contributed by atoms with Crippen molar-refractivity contribution in [1.82, 2.24) is 5.32 Å². The van der Waals surface area contributed by atoms with E-state index in [1.54, 1.807) is 0 Å². The van der Waals surface area contributed by atoms with E-state index in [9.17, 15) is 9.90 Å². The van der Waals surface area contributed by atoms with E-state index >= 15 is 0 Å². The first-order chi connectivity index (χ1) is 8.73. The van der Waals surface area contributed by atoms with Crippen molar-refractivity contribution in [2.45, 2.75) is 44.1 Å². The lowest BCUT2D eigenvalue weighted by Gasteiger charge is -2.41. The summed E-state index contributed by atoms with van der Waals surface area (Å²) >= 11 is 0. The fourth-order valence-electron chi connectivity index (χ4n) is 2.53. The number of aliphatic hydroxyl groups excluding tert-OH is 1. The van der Waals surface area contributed by atoms with Crippen LogP contribution in [0.15, 0.2) is 30.3 Å². The smallest absolute Gasteiger partial charge is 0.230 e. The fraction of sp³-hybridized carbons (Fsp3) is 0.533. The second-order valence-corrected chi connectivity index (χ2v) is 5.06. The average Bonchev–Trinajstić information content (AvgIpc) is 2.36. The van der Waals surface area contributed by atoms with Crippen LogP contribution in [0.25, 0.3) is 0 Å². The van der Waals surface area contributed by atoms with Gasteiger partial charge < -0.3 is 10.4 Å². The number of nitrogens with one attached hydrogen (secondary N) is 1. The molecule has 1 saturated carbocycles. The second kappa shape index (κ2) is 5.53. The molecule has 1 aliphatic carbocycles. The quantitative estimate of drug-likeness (QED) is 0.836. The van der Waals surface area contributed by atoms with E-state index in [0.29, 0.717) is 0 Å². The van der Waals surface area contributed by atoms with Crippen LogP contribution >= 0.6 is 0 Å². The summed E-state index contributed by atoms with van der Waals surface area (Å²) in [4.78, 5) is 12.5. The first-order valence-electron chi connectivity index (χ1n) is 6.70. The molecule has 0 heterocycles. The lowest BCUT2D eigenvalue weighted by Crippen LogP contribution is -2.52. The Morgan fingerprint density at radius 3 is 2.50 bits per heavy atom. The molecule has 1 aliphatic rings. The van der Waals surface area contributed by atoms with Crippen molar-refractivity contribution in [2.24, 2.45) is 0 Å². The van der Waals surface area contributed by atoms with E-state index in [-0.39, 0.29) is 24.0 Å². The lowest BCUT2D eigenvalue weighted by atomic mass is 9.63. The number of aliphatic hydroxyl groups is 1. The van der Waals surface area contributed by atoms with E-state index in [2.05, 4.69) is 5.32 Å². The molecule has 0 aromatic heterocycles. The average molecular weight is 247 g/mol. The Morgan fingerprint density at radius 1 is 1.39 bits per heavy atom. The topological polar surface area (TPSA) is 49.3 Å². The van der Waals surface area contributed by atoms with Gasteiger partial charge in [0.05, 0.1) is 18.1 Å². The molecule has 18 heavy (non-hydrogen) atoms. The molecule has 2 rings (SSSR count). The molecule has 3 nitrogen and oxygen atoms in total. The first-order valence-corrected chi connectivity index (χ1v) is 6.70. The van der Waals surface area contributed by atoms with E-state index in [1.807, 2.05) is 37.3 Å². The summed E-state index contributed by atoms with van der Waals surface area (Å²) in [7, 11) is 0. The van der Waals surface area contributed by atoms with Crippen LogP contribution < -0.4 is 5.32 Å². The highest BCUT2D eigenvalue weighted by Gasteiger charge is 2.45. The predicted octanol–water partition coefficient (Wildman–Crippen LogP) is 2.00. The number of benzene rings is 1. The summed E-state index contributed by atoms with van der Waals surface area (Å²) in [6, 6.07) is 9.85. The maximum atomic E-state index is 12.5. The minimum absolute atomic E-state index is 0.00705. The Hall–Kier alpha value is -1.35. The predicted molar refractivity (Wildman–Crippen MR) is 71.3 cm³/mol. The normalized spacial score (nSPS) is 18.8. The molecule has 0 bridgehead atoms. The van der Waals surface area contributed by atoms with Crippen molar-refractivity contribution < 1.29 is 9.90 Å². The van der Waals surface area contributed by atoms with Crippen molar-refractivity contribution in [1.29, 1.82) is 0 Å². The molecule has 1 atom stereocenters. The Kier molecular flexibility index (Phi) is 4.02. The van der Waals surface area contributed by atoms with Crippen LogP contribution in [0.3, 0.4) is 0 Å². The molecule has 1 amide bonds. The molecule has 0 unspecified atom stereocenters. The molecular weight excluding hydrogens is 226 g/mol. The van der Waals surface area contributed by atoms with Gasteiger partial charge in [0.15, 0.2) is 0 Å². The van der Waals surface area contributed by atoms with Gasteiger partial charge in [0.2, 0.25) is 5.91 Å². The molecular formula is C15H21NO2. The van der Waals surface area contributed by atoms with Crippen molar-refractivity contribution in [3.05, 3.63) is 35.9 Å². The van der Waals surface area contributed by atoms with Gasteiger partial charge >= 0.3 is 0 Å². The van der Waals surface area contributed by atoms with Gasteiger partial charge in [-0.3, -0.25) is 4.79 Å². The maximum absolute atomic E-state index is 12.5. The zero-order valence-corrected chi connectivity index (χ0v) is 10.9. The number of amides is 1. The van der Waals surface area contributed by atoms with E-state index in [0.717, 1.165) is 31.2 Å². The van der Waals surface area contributed by atoms with Crippen molar-refractivity contribution in [3.63, 3.8) is 0 Å². The minimum Gasteiger partial charge on any atom is -0.394 e. The summed E-state index contributed by atoms with van der Waals surface area (Å²) in [6.07, 6.45) is 3.67. The van der Waals surface area contributed by atoms with Crippen molar-refractivity contribution >= 4 is 5.91 Å². The zero-order valence-electron chi connectivity index (χ0n) is 10.9. The van der Waals surface area contributed by atoms with Gasteiger partial charge in [-0.05, 0) is 24.8 Å². The summed E-state index contributed by atoms with van der Waals surface area (Å²) in [6.45, 7) is 1.98. The van der Waals surface area contributed by atoms with Crippen LogP contribution in [0.2, 0.25) is 0 Å². The van der Waals surface area contributed by atoms with Crippen LogP contribution in [0.1, 0.15) is 38.2 Å². The fourth-order valence-corrected chi connectivity index (χ4v) is 2.53. The molecule has 98 valence electrons. The van der Waals surface area contributed by atoms with Crippen LogP contribution in [0.4, 0.5) is 0 Å². The summed E-state index contributed by atoms with van der Waals surface area (Å²) in [5.74, 6) is 0.0702. The molecule has 3 heteroatoms. The number of carbonyl (C=O) groups is 1. The Bertz CT molecular complexity index is 394. The molecule has 0 spiro atoms. The molecule has 0 radical (unpaired) electrons. The van der Waals surface area contributed by atoms with Gasteiger partial charge in [0.25, 0.3) is 0 Å². The third-order valence-corrected chi connectivity index (χ3v) is 4.02. The monoisotopic (exact) mass is 247 g/mol. The van der Waals surface area contributed by atoms with Crippen LogP contribution in [-0.2, 0) is 10.2 Å².